The first kappa shape index (κ1) is 13.5. The Morgan fingerprint density at radius 2 is 2.23 bits per heavy atom. The van der Waals surface area contributed by atoms with E-state index in [0.717, 1.165) is 37.4 Å². The summed E-state index contributed by atoms with van der Waals surface area (Å²) in [6.07, 6.45) is 6.30. The van der Waals surface area contributed by atoms with Crippen LogP contribution in [0.3, 0.4) is 0 Å². The zero-order chi connectivity index (χ0) is 14.9. The van der Waals surface area contributed by atoms with E-state index in [0.29, 0.717) is 5.92 Å². The molecular formula is C17H21N5. The molecule has 0 unspecified atom stereocenters. The van der Waals surface area contributed by atoms with Gasteiger partial charge in [0.2, 0.25) is 0 Å². The van der Waals surface area contributed by atoms with E-state index >= 15 is 0 Å². The van der Waals surface area contributed by atoms with E-state index in [9.17, 15) is 0 Å². The zero-order valence-corrected chi connectivity index (χ0v) is 12.9. The fourth-order valence-electron chi connectivity index (χ4n) is 3.35. The van der Waals surface area contributed by atoms with E-state index in [2.05, 4.69) is 50.9 Å². The van der Waals surface area contributed by atoms with Crippen molar-refractivity contribution in [3.05, 3.63) is 48.3 Å². The van der Waals surface area contributed by atoms with E-state index < -0.39 is 0 Å². The van der Waals surface area contributed by atoms with E-state index in [1.165, 1.54) is 17.8 Å². The van der Waals surface area contributed by atoms with Gasteiger partial charge in [-0.15, -0.1) is 0 Å². The van der Waals surface area contributed by atoms with Crippen LogP contribution in [0.5, 0.6) is 0 Å². The normalized spacial score (nSPS) is 17.8. The molecule has 0 bridgehead atoms. The Balaban J connectivity index is 1.38. The monoisotopic (exact) mass is 295 g/mol. The SMILES string of the molecule is Cn1c(CNC[C@H]2CCc3nccn3C2)nc2ccccc21. The number of rotatable bonds is 4. The van der Waals surface area contributed by atoms with Crippen molar-refractivity contribution < 1.29 is 0 Å². The Hall–Kier alpha value is -2.14. The van der Waals surface area contributed by atoms with E-state index in [-0.39, 0.29) is 0 Å². The Morgan fingerprint density at radius 3 is 3.14 bits per heavy atom. The topological polar surface area (TPSA) is 47.7 Å². The number of hydrogen-bond donors (Lipinski definition) is 1. The molecule has 0 spiro atoms. The zero-order valence-electron chi connectivity index (χ0n) is 12.9. The summed E-state index contributed by atoms with van der Waals surface area (Å²) in [5.74, 6) is 3.00. The molecule has 0 radical (unpaired) electrons. The van der Waals surface area contributed by atoms with Crippen LogP contribution >= 0.6 is 0 Å². The Morgan fingerprint density at radius 1 is 1.32 bits per heavy atom. The standard InChI is InChI=1S/C17H21N5/c1-21-15-5-3-2-4-14(15)20-17(21)11-18-10-13-6-7-16-19-8-9-22(16)12-13/h2-5,8-9,13,18H,6-7,10-12H2,1H3/t13-/m1/s1. The molecule has 0 saturated carbocycles. The highest BCUT2D eigenvalue weighted by Crippen LogP contribution is 2.18. The minimum Gasteiger partial charge on any atom is -0.335 e. The third-order valence-electron chi connectivity index (χ3n) is 4.63. The maximum Gasteiger partial charge on any atom is 0.123 e. The summed E-state index contributed by atoms with van der Waals surface area (Å²) in [4.78, 5) is 9.09. The summed E-state index contributed by atoms with van der Waals surface area (Å²) >= 11 is 0. The van der Waals surface area contributed by atoms with Crippen molar-refractivity contribution in [3.8, 4) is 0 Å². The van der Waals surface area contributed by atoms with Crippen LogP contribution in [0.4, 0.5) is 0 Å². The lowest BCUT2D eigenvalue weighted by Crippen LogP contribution is -2.30. The van der Waals surface area contributed by atoms with Crippen molar-refractivity contribution in [1.29, 1.82) is 0 Å². The second-order valence-corrected chi connectivity index (χ2v) is 6.11. The van der Waals surface area contributed by atoms with Gasteiger partial charge in [0, 0.05) is 39.0 Å². The lowest BCUT2D eigenvalue weighted by atomic mass is 9.99. The molecule has 1 aromatic carbocycles. The summed E-state index contributed by atoms with van der Waals surface area (Å²) in [7, 11) is 2.09. The van der Waals surface area contributed by atoms with Crippen LogP contribution < -0.4 is 5.32 Å². The lowest BCUT2D eigenvalue weighted by Gasteiger charge is -2.24. The molecule has 0 aliphatic carbocycles. The first-order valence-electron chi connectivity index (χ1n) is 7.92. The maximum atomic E-state index is 4.71. The molecule has 3 aromatic rings. The average Bonchev–Trinajstić information content (AvgIpc) is 3.12. The number of nitrogens with one attached hydrogen (secondary N) is 1. The van der Waals surface area contributed by atoms with Crippen LogP contribution in [-0.4, -0.2) is 25.6 Å². The van der Waals surface area contributed by atoms with Crippen molar-refractivity contribution in [2.24, 2.45) is 13.0 Å². The smallest absolute Gasteiger partial charge is 0.123 e. The van der Waals surface area contributed by atoms with Gasteiger partial charge in [-0.1, -0.05) is 12.1 Å². The number of nitrogens with zero attached hydrogens (tertiary/aromatic N) is 4. The minimum absolute atomic E-state index is 0.677. The largest absolute Gasteiger partial charge is 0.335 e. The molecule has 0 saturated heterocycles. The van der Waals surface area contributed by atoms with Crippen LogP contribution in [-0.2, 0) is 26.6 Å². The van der Waals surface area contributed by atoms with Crippen LogP contribution in [0.1, 0.15) is 18.1 Å². The van der Waals surface area contributed by atoms with Crippen LogP contribution in [0.25, 0.3) is 11.0 Å². The van der Waals surface area contributed by atoms with Crippen molar-refractivity contribution in [2.75, 3.05) is 6.54 Å². The fraction of sp³-hybridized carbons (Fsp3) is 0.412. The molecule has 1 aliphatic heterocycles. The summed E-state index contributed by atoms with van der Waals surface area (Å²) in [6, 6.07) is 8.29. The third kappa shape index (κ3) is 2.41. The fourth-order valence-corrected chi connectivity index (χ4v) is 3.35. The molecule has 1 aliphatic rings. The van der Waals surface area contributed by atoms with Crippen molar-refractivity contribution in [3.63, 3.8) is 0 Å². The summed E-state index contributed by atoms with van der Waals surface area (Å²) in [5, 5.41) is 3.58. The number of benzene rings is 1. The molecule has 5 nitrogen and oxygen atoms in total. The Kier molecular flexibility index (Phi) is 3.42. The van der Waals surface area contributed by atoms with Crippen LogP contribution in [0, 0.1) is 5.92 Å². The van der Waals surface area contributed by atoms with Crippen molar-refractivity contribution in [1.82, 2.24) is 24.4 Å². The van der Waals surface area contributed by atoms with E-state index in [1.54, 1.807) is 0 Å². The van der Waals surface area contributed by atoms with Gasteiger partial charge in [0.05, 0.1) is 17.6 Å². The van der Waals surface area contributed by atoms with Crippen LogP contribution in [0.2, 0.25) is 0 Å². The minimum atomic E-state index is 0.677. The molecule has 0 fully saturated rings. The van der Waals surface area contributed by atoms with E-state index in [4.69, 9.17) is 4.98 Å². The van der Waals surface area contributed by atoms with Gasteiger partial charge in [-0.3, -0.25) is 0 Å². The van der Waals surface area contributed by atoms with Gasteiger partial charge in [-0.05, 0) is 24.5 Å². The Bertz CT molecular complexity index is 785. The molecule has 5 heteroatoms. The molecule has 2 aromatic heterocycles. The predicted octanol–water partition coefficient (Wildman–Crippen LogP) is 2.12. The maximum absolute atomic E-state index is 4.71. The van der Waals surface area contributed by atoms with Gasteiger partial charge >= 0.3 is 0 Å². The molecular weight excluding hydrogens is 274 g/mol. The van der Waals surface area contributed by atoms with E-state index in [1.807, 2.05) is 12.3 Å². The quantitative estimate of drug-likeness (QED) is 0.802. The number of aryl methyl sites for hydroxylation is 2. The molecule has 114 valence electrons. The second-order valence-electron chi connectivity index (χ2n) is 6.11. The second kappa shape index (κ2) is 5.57. The van der Waals surface area contributed by atoms with Gasteiger partial charge in [-0.2, -0.15) is 0 Å². The summed E-state index contributed by atoms with van der Waals surface area (Å²) in [5.41, 5.74) is 2.27. The number of aromatic nitrogens is 4. The first-order valence-corrected chi connectivity index (χ1v) is 7.92. The Labute approximate surface area is 130 Å². The highest BCUT2D eigenvalue weighted by molar-refractivity contribution is 5.75. The number of hydrogen-bond acceptors (Lipinski definition) is 3. The molecule has 22 heavy (non-hydrogen) atoms. The predicted molar refractivity (Wildman–Crippen MR) is 86.5 cm³/mol. The number of para-hydroxylation sites is 2. The van der Waals surface area contributed by atoms with Gasteiger partial charge in [-0.25, -0.2) is 9.97 Å². The highest BCUT2D eigenvalue weighted by Gasteiger charge is 2.18. The number of imidazole rings is 2. The highest BCUT2D eigenvalue weighted by atomic mass is 15.1. The molecule has 4 rings (SSSR count). The molecule has 0 amide bonds. The summed E-state index contributed by atoms with van der Waals surface area (Å²) < 4.78 is 4.46. The van der Waals surface area contributed by atoms with Gasteiger partial charge < -0.3 is 14.5 Å². The van der Waals surface area contributed by atoms with Crippen LogP contribution in [0.15, 0.2) is 36.7 Å². The lowest BCUT2D eigenvalue weighted by molar-refractivity contribution is 0.346. The first-order chi connectivity index (χ1) is 10.8. The van der Waals surface area contributed by atoms with Gasteiger partial charge in [0.25, 0.3) is 0 Å². The van der Waals surface area contributed by atoms with Crippen molar-refractivity contribution in [2.45, 2.75) is 25.9 Å². The van der Waals surface area contributed by atoms with Gasteiger partial charge in [0.1, 0.15) is 11.6 Å². The number of fused-ring (bicyclic) bond motifs is 2. The summed E-state index contributed by atoms with van der Waals surface area (Å²) in [6.45, 7) is 2.92. The van der Waals surface area contributed by atoms with Crippen molar-refractivity contribution >= 4 is 11.0 Å². The average molecular weight is 295 g/mol. The van der Waals surface area contributed by atoms with Gasteiger partial charge in [0.15, 0.2) is 0 Å². The third-order valence-corrected chi connectivity index (χ3v) is 4.63. The molecule has 1 atom stereocenters. The molecule has 3 heterocycles. The molecule has 1 N–H and O–H groups in total.